The molecule has 0 bridgehead atoms. The first-order valence-electron chi connectivity index (χ1n) is 9.43. The highest BCUT2D eigenvalue weighted by Crippen LogP contribution is 2.57. The number of nitrogens with one attached hydrogen (secondary N) is 1. The summed E-state index contributed by atoms with van der Waals surface area (Å²) in [4.78, 5) is 27.6. The van der Waals surface area contributed by atoms with Crippen LogP contribution in [0.25, 0.3) is 0 Å². The van der Waals surface area contributed by atoms with Gasteiger partial charge in [0.15, 0.2) is 5.54 Å². The van der Waals surface area contributed by atoms with Crippen LogP contribution in [0.4, 0.5) is 5.69 Å². The zero-order valence-corrected chi connectivity index (χ0v) is 15.1. The Morgan fingerprint density at radius 1 is 1.19 bits per heavy atom. The summed E-state index contributed by atoms with van der Waals surface area (Å²) >= 11 is 0. The van der Waals surface area contributed by atoms with Gasteiger partial charge in [-0.05, 0) is 31.4 Å². The van der Waals surface area contributed by atoms with Crippen LogP contribution in [0.15, 0.2) is 48.5 Å². The smallest absolute Gasteiger partial charge is 0.256 e. The summed E-state index contributed by atoms with van der Waals surface area (Å²) in [6.07, 6.45) is 1.83. The fraction of sp³-hybridized carbons (Fsp3) is 0.381. The number of nitrogens with zero attached hydrogens (tertiary/aromatic N) is 2. The second-order valence-corrected chi connectivity index (χ2v) is 7.84. The zero-order chi connectivity index (χ0) is 18.8. The van der Waals surface area contributed by atoms with Crippen molar-refractivity contribution in [1.82, 2.24) is 4.90 Å². The van der Waals surface area contributed by atoms with E-state index in [0.29, 0.717) is 12.2 Å². The number of rotatable bonds is 2. The summed E-state index contributed by atoms with van der Waals surface area (Å²) in [7, 11) is 0. The maximum Gasteiger partial charge on any atom is 0.256 e. The van der Waals surface area contributed by atoms with E-state index in [4.69, 9.17) is 0 Å². The van der Waals surface area contributed by atoms with Crippen molar-refractivity contribution in [1.29, 1.82) is 0 Å². The Morgan fingerprint density at radius 2 is 1.93 bits per heavy atom. The molecule has 6 heteroatoms. The molecular formula is C21H21N3O3. The minimum Gasteiger partial charge on any atom is -0.324 e. The molecule has 138 valence electrons. The lowest BCUT2D eigenvalue weighted by Gasteiger charge is -2.32. The molecule has 3 aliphatic heterocycles. The lowest BCUT2D eigenvalue weighted by molar-refractivity contribution is -0.534. The van der Waals surface area contributed by atoms with Gasteiger partial charge in [-0.15, -0.1) is 0 Å². The number of amides is 1. The van der Waals surface area contributed by atoms with Gasteiger partial charge >= 0.3 is 0 Å². The number of aryl methyl sites for hydroxylation is 1. The fourth-order valence-electron chi connectivity index (χ4n) is 5.56. The lowest BCUT2D eigenvalue weighted by atomic mass is 9.77. The predicted molar refractivity (Wildman–Crippen MR) is 101 cm³/mol. The number of para-hydroxylation sites is 1. The van der Waals surface area contributed by atoms with Gasteiger partial charge in [-0.3, -0.25) is 19.8 Å². The van der Waals surface area contributed by atoms with Crippen molar-refractivity contribution >= 4 is 11.6 Å². The van der Waals surface area contributed by atoms with Crippen molar-refractivity contribution in [3.05, 3.63) is 75.3 Å². The molecule has 4 atom stereocenters. The molecule has 2 aromatic rings. The number of hydrogen-bond acceptors (Lipinski definition) is 4. The summed E-state index contributed by atoms with van der Waals surface area (Å²) in [5.41, 5.74) is 2.30. The lowest BCUT2D eigenvalue weighted by Crippen LogP contribution is -2.55. The Bertz CT molecular complexity index is 942. The highest BCUT2D eigenvalue weighted by Gasteiger charge is 2.73. The van der Waals surface area contributed by atoms with Crippen molar-refractivity contribution in [2.45, 2.75) is 43.3 Å². The van der Waals surface area contributed by atoms with Gasteiger partial charge in [0, 0.05) is 28.8 Å². The van der Waals surface area contributed by atoms with E-state index >= 15 is 0 Å². The van der Waals surface area contributed by atoms with Crippen LogP contribution in [0.1, 0.15) is 35.4 Å². The van der Waals surface area contributed by atoms with Crippen molar-refractivity contribution in [3.63, 3.8) is 0 Å². The van der Waals surface area contributed by atoms with E-state index < -0.39 is 11.6 Å². The predicted octanol–water partition coefficient (Wildman–Crippen LogP) is 3.05. The number of carbonyl (C=O) groups is 1. The average Bonchev–Trinajstić information content (AvgIpc) is 3.30. The van der Waals surface area contributed by atoms with Gasteiger partial charge in [-0.25, -0.2) is 0 Å². The number of hydrogen-bond donors (Lipinski definition) is 1. The largest absolute Gasteiger partial charge is 0.324 e. The molecule has 2 fully saturated rings. The Balaban J connectivity index is 1.76. The summed E-state index contributed by atoms with van der Waals surface area (Å²) < 4.78 is 0. The Hall–Kier alpha value is -2.73. The molecule has 0 radical (unpaired) electrons. The van der Waals surface area contributed by atoms with Gasteiger partial charge in [0.2, 0.25) is 0 Å². The monoisotopic (exact) mass is 363 g/mol. The van der Waals surface area contributed by atoms with Crippen molar-refractivity contribution in [2.24, 2.45) is 0 Å². The van der Waals surface area contributed by atoms with Crippen LogP contribution in [0.2, 0.25) is 0 Å². The first kappa shape index (κ1) is 16.4. The minimum absolute atomic E-state index is 0.0000113. The molecule has 4 unspecified atom stereocenters. The van der Waals surface area contributed by atoms with Crippen LogP contribution in [0.5, 0.6) is 0 Å². The number of benzene rings is 2. The van der Waals surface area contributed by atoms with Gasteiger partial charge in [0.25, 0.3) is 11.9 Å². The molecule has 0 aromatic heterocycles. The van der Waals surface area contributed by atoms with Crippen LogP contribution in [0.3, 0.4) is 0 Å². The molecular weight excluding hydrogens is 342 g/mol. The summed E-state index contributed by atoms with van der Waals surface area (Å²) in [6.45, 7) is 2.71. The molecule has 1 N–H and O–H groups in total. The number of nitro groups is 1. The zero-order valence-electron chi connectivity index (χ0n) is 15.1. The third-order valence-electron chi connectivity index (χ3n) is 6.56. The highest BCUT2D eigenvalue weighted by atomic mass is 16.6. The van der Waals surface area contributed by atoms with E-state index in [1.165, 1.54) is 0 Å². The van der Waals surface area contributed by atoms with Gasteiger partial charge in [0.1, 0.15) is 0 Å². The van der Waals surface area contributed by atoms with E-state index in [1.807, 2.05) is 55.5 Å². The topological polar surface area (TPSA) is 75.5 Å². The molecule has 1 spiro atoms. The second-order valence-electron chi connectivity index (χ2n) is 7.84. The molecule has 3 heterocycles. The van der Waals surface area contributed by atoms with Gasteiger partial charge in [0.05, 0.1) is 5.92 Å². The van der Waals surface area contributed by atoms with Crippen molar-refractivity contribution in [3.8, 4) is 0 Å². The van der Waals surface area contributed by atoms with Crippen LogP contribution < -0.4 is 5.32 Å². The maximum absolute atomic E-state index is 13.3. The molecule has 2 saturated heterocycles. The molecule has 27 heavy (non-hydrogen) atoms. The SMILES string of the molecule is Cc1ccc(C2C3CCCN3C3(C(=O)Nc4ccccc43)C2[N+](=O)[O-])cc1. The molecule has 3 aliphatic rings. The summed E-state index contributed by atoms with van der Waals surface area (Å²) in [5.74, 6) is -0.563. The molecule has 6 nitrogen and oxygen atoms in total. The minimum atomic E-state index is -1.23. The Morgan fingerprint density at radius 3 is 2.67 bits per heavy atom. The third-order valence-corrected chi connectivity index (χ3v) is 6.56. The number of fused-ring (bicyclic) bond motifs is 4. The van der Waals surface area contributed by atoms with Crippen molar-refractivity contribution in [2.75, 3.05) is 11.9 Å². The van der Waals surface area contributed by atoms with Gasteiger partial charge in [-0.1, -0.05) is 48.0 Å². The van der Waals surface area contributed by atoms with Crippen LogP contribution in [0, 0.1) is 17.0 Å². The molecule has 0 saturated carbocycles. The average molecular weight is 363 g/mol. The summed E-state index contributed by atoms with van der Waals surface area (Å²) in [6, 6.07) is 14.4. The van der Waals surface area contributed by atoms with E-state index in [1.54, 1.807) is 0 Å². The highest BCUT2D eigenvalue weighted by molar-refractivity contribution is 6.07. The number of anilines is 1. The van der Waals surface area contributed by atoms with E-state index in [0.717, 1.165) is 29.5 Å². The van der Waals surface area contributed by atoms with E-state index in [2.05, 4.69) is 10.2 Å². The third kappa shape index (κ3) is 2.02. The number of carbonyl (C=O) groups excluding carboxylic acids is 1. The van der Waals surface area contributed by atoms with Crippen LogP contribution in [-0.4, -0.2) is 34.4 Å². The first-order chi connectivity index (χ1) is 13.0. The molecule has 0 aliphatic carbocycles. The fourth-order valence-corrected chi connectivity index (χ4v) is 5.56. The quantitative estimate of drug-likeness (QED) is 0.657. The molecule has 5 rings (SSSR count). The Labute approximate surface area is 157 Å². The Kier molecular flexibility index (Phi) is 3.43. The van der Waals surface area contributed by atoms with E-state index in [-0.39, 0.29) is 22.8 Å². The first-order valence-corrected chi connectivity index (χ1v) is 9.43. The van der Waals surface area contributed by atoms with Crippen molar-refractivity contribution < 1.29 is 9.72 Å². The normalized spacial score (nSPS) is 31.7. The van der Waals surface area contributed by atoms with Gasteiger partial charge < -0.3 is 5.32 Å². The van der Waals surface area contributed by atoms with Crippen LogP contribution in [-0.2, 0) is 10.3 Å². The molecule has 1 amide bonds. The molecule has 2 aromatic carbocycles. The van der Waals surface area contributed by atoms with Crippen LogP contribution >= 0.6 is 0 Å². The van der Waals surface area contributed by atoms with E-state index in [9.17, 15) is 14.9 Å². The maximum atomic E-state index is 13.3. The van der Waals surface area contributed by atoms with Gasteiger partial charge in [-0.2, -0.15) is 0 Å². The second kappa shape index (κ2) is 5.63. The summed E-state index contributed by atoms with van der Waals surface area (Å²) in [5, 5.41) is 15.3. The standard InChI is InChI=1S/C21H21N3O3/c1-13-8-10-14(11-9-13)18-17-7-4-12-23(17)21(19(18)24(26)27)15-5-2-3-6-16(15)22-20(21)25/h2-3,5-6,8-11,17-19H,4,7,12H2,1H3,(H,22,25).